The molecule has 19 heavy (non-hydrogen) atoms. The molecule has 0 amide bonds. The predicted molar refractivity (Wildman–Crippen MR) is 82.5 cm³/mol. The minimum Gasteiger partial charge on any atom is -0.306 e. The van der Waals surface area contributed by atoms with Crippen LogP contribution in [0.25, 0.3) is 0 Å². The summed E-state index contributed by atoms with van der Waals surface area (Å²) in [7, 11) is 0. The molecule has 1 aromatic heterocycles. The smallest absolute Gasteiger partial charge is 0.107 e. The van der Waals surface area contributed by atoms with E-state index < -0.39 is 0 Å². The summed E-state index contributed by atoms with van der Waals surface area (Å²) in [6.07, 6.45) is 0. The van der Waals surface area contributed by atoms with Crippen LogP contribution in [0.1, 0.15) is 42.6 Å². The van der Waals surface area contributed by atoms with Gasteiger partial charge in [0.15, 0.2) is 0 Å². The summed E-state index contributed by atoms with van der Waals surface area (Å²) in [5.41, 5.74) is 4.02. The van der Waals surface area contributed by atoms with Gasteiger partial charge in [-0.1, -0.05) is 45.0 Å². The summed E-state index contributed by atoms with van der Waals surface area (Å²) in [5.74, 6) is 0. The van der Waals surface area contributed by atoms with Crippen molar-refractivity contribution in [1.82, 2.24) is 10.3 Å². The molecule has 0 unspecified atom stereocenters. The molecule has 2 aromatic rings. The van der Waals surface area contributed by atoms with E-state index in [9.17, 15) is 0 Å². The Morgan fingerprint density at radius 3 is 2.53 bits per heavy atom. The Balaban J connectivity index is 1.90. The number of nitrogens with zero attached hydrogens (tertiary/aromatic N) is 1. The van der Waals surface area contributed by atoms with Crippen LogP contribution in [0, 0.1) is 6.92 Å². The summed E-state index contributed by atoms with van der Waals surface area (Å²) in [4.78, 5) is 4.69. The molecule has 1 N–H and O–H groups in total. The van der Waals surface area contributed by atoms with E-state index >= 15 is 0 Å². The Morgan fingerprint density at radius 2 is 1.89 bits per heavy atom. The highest BCUT2D eigenvalue weighted by molar-refractivity contribution is 7.09. The van der Waals surface area contributed by atoms with Crippen LogP contribution in [0.3, 0.4) is 0 Å². The normalized spacial score (nSPS) is 11.8. The molecule has 0 aliphatic rings. The summed E-state index contributed by atoms with van der Waals surface area (Å²) >= 11 is 1.74. The van der Waals surface area contributed by atoms with Crippen LogP contribution in [0.2, 0.25) is 0 Å². The van der Waals surface area contributed by atoms with Crippen LogP contribution in [0.15, 0.2) is 29.6 Å². The maximum absolute atomic E-state index is 4.69. The van der Waals surface area contributed by atoms with Gasteiger partial charge in [-0.25, -0.2) is 4.98 Å². The average Bonchev–Trinajstić information content (AvgIpc) is 2.80. The zero-order chi connectivity index (χ0) is 13.9. The Morgan fingerprint density at radius 1 is 1.16 bits per heavy atom. The fraction of sp³-hybridized carbons (Fsp3) is 0.438. The molecule has 2 rings (SSSR count). The van der Waals surface area contributed by atoms with Crippen LogP contribution < -0.4 is 5.32 Å². The number of aryl methyl sites for hydroxylation is 1. The van der Waals surface area contributed by atoms with Crippen molar-refractivity contribution in [1.29, 1.82) is 0 Å². The van der Waals surface area contributed by atoms with E-state index in [1.165, 1.54) is 21.8 Å². The highest BCUT2D eigenvalue weighted by Crippen LogP contribution is 2.23. The lowest BCUT2D eigenvalue weighted by molar-refractivity contribution is 0.568. The van der Waals surface area contributed by atoms with E-state index in [4.69, 9.17) is 4.98 Å². The summed E-state index contributed by atoms with van der Waals surface area (Å²) < 4.78 is 0. The highest BCUT2D eigenvalue weighted by atomic mass is 32.1. The Kier molecular flexibility index (Phi) is 4.38. The van der Waals surface area contributed by atoms with Gasteiger partial charge in [-0.15, -0.1) is 11.3 Å². The third kappa shape index (κ3) is 3.88. The predicted octanol–water partition coefficient (Wildman–Crippen LogP) is 4.04. The largest absolute Gasteiger partial charge is 0.306 e. The van der Waals surface area contributed by atoms with E-state index in [1.54, 1.807) is 11.3 Å². The minimum atomic E-state index is 0.144. The van der Waals surface area contributed by atoms with Crippen LogP contribution >= 0.6 is 11.3 Å². The maximum Gasteiger partial charge on any atom is 0.107 e. The van der Waals surface area contributed by atoms with Gasteiger partial charge in [0.25, 0.3) is 0 Å². The van der Waals surface area contributed by atoms with Crippen molar-refractivity contribution in [2.45, 2.75) is 46.2 Å². The highest BCUT2D eigenvalue weighted by Gasteiger charge is 2.17. The van der Waals surface area contributed by atoms with Crippen LogP contribution in [-0.2, 0) is 18.5 Å². The summed E-state index contributed by atoms with van der Waals surface area (Å²) in [5, 5.41) is 6.81. The second-order valence-electron chi connectivity index (χ2n) is 5.91. The van der Waals surface area contributed by atoms with Gasteiger partial charge in [-0.3, -0.25) is 0 Å². The van der Waals surface area contributed by atoms with Gasteiger partial charge in [-0.2, -0.15) is 0 Å². The molecule has 0 bridgehead atoms. The molecule has 0 spiro atoms. The van der Waals surface area contributed by atoms with Gasteiger partial charge in [0.2, 0.25) is 0 Å². The number of nitrogens with one attached hydrogen (secondary N) is 1. The lowest BCUT2D eigenvalue weighted by Gasteiger charge is -2.14. The van der Waals surface area contributed by atoms with Gasteiger partial charge in [0.1, 0.15) is 5.01 Å². The van der Waals surface area contributed by atoms with Gasteiger partial charge < -0.3 is 5.32 Å². The molecule has 0 radical (unpaired) electrons. The molecule has 2 nitrogen and oxygen atoms in total. The lowest BCUT2D eigenvalue weighted by atomic mass is 9.93. The molecule has 0 saturated carbocycles. The number of hydrogen-bond acceptors (Lipinski definition) is 3. The van der Waals surface area contributed by atoms with Crippen molar-refractivity contribution in [2.24, 2.45) is 0 Å². The first-order chi connectivity index (χ1) is 8.97. The first-order valence-corrected chi connectivity index (χ1v) is 7.55. The number of rotatable bonds is 4. The van der Waals surface area contributed by atoms with Gasteiger partial charge in [0.05, 0.1) is 5.69 Å². The first-order valence-electron chi connectivity index (χ1n) is 6.67. The fourth-order valence-corrected chi connectivity index (χ4v) is 2.84. The molecular formula is C16H22N2S. The second kappa shape index (κ2) is 5.85. The lowest BCUT2D eigenvalue weighted by Crippen LogP contribution is -2.15. The average molecular weight is 274 g/mol. The van der Waals surface area contributed by atoms with Crippen molar-refractivity contribution in [3.8, 4) is 0 Å². The molecular weight excluding hydrogens is 252 g/mol. The Hall–Kier alpha value is -1.19. The van der Waals surface area contributed by atoms with E-state index in [2.05, 4.69) is 62.7 Å². The van der Waals surface area contributed by atoms with Crippen LogP contribution in [0.4, 0.5) is 0 Å². The molecule has 1 aromatic carbocycles. The molecule has 0 fully saturated rings. The number of aromatic nitrogens is 1. The van der Waals surface area contributed by atoms with Crippen molar-refractivity contribution < 1.29 is 0 Å². The Labute approximate surface area is 119 Å². The molecule has 0 atom stereocenters. The number of hydrogen-bond donors (Lipinski definition) is 1. The zero-order valence-corrected chi connectivity index (χ0v) is 13.0. The van der Waals surface area contributed by atoms with Crippen molar-refractivity contribution in [2.75, 3.05) is 0 Å². The number of thiazole rings is 1. The summed E-state index contributed by atoms with van der Waals surface area (Å²) in [6.45, 7) is 10.5. The standard InChI is InChI=1S/C16H22N2S/c1-12-7-5-6-8-13(12)9-17-10-15-18-14(11-19-15)16(2,3)4/h5-8,11,17H,9-10H2,1-4H3. The molecule has 3 heteroatoms. The third-order valence-electron chi connectivity index (χ3n) is 3.17. The SMILES string of the molecule is Cc1ccccc1CNCc1nc(C(C)(C)C)cs1. The molecule has 1 heterocycles. The number of benzene rings is 1. The van der Waals surface area contributed by atoms with Crippen LogP contribution in [0.5, 0.6) is 0 Å². The first kappa shape index (κ1) is 14.2. The van der Waals surface area contributed by atoms with Crippen molar-refractivity contribution in [3.05, 3.63) is 51.5 Å². The maximum atomic E-state index is 4.69. The fourth-order valence-electron chi connectivity index (χ4n) is 1.85. The quantitative estimate of drug-likeness (QED) is 0.910. The molecule has 0 aliphatic heterocycles. The Bertz CT molecular complexity index is 538. The molecule has 102 valence electrons. The minimum absolute atomic E-state index is 0.144. The van der Waals surface area contributed by atoms with E-state index in [0.29, 0.717) is 0 Å². The molecule has 0 aliphatic carbocycles. The monoisotopic (exact) mass is 274 g/mol. The van der Waals surface area contributed by atoms with E-state index in [0.717, 1.165) is 13.1 Å². The molecule has 0 saturated heterocycles. The second-order valence-corrected chi connectivity index (χ2v) is 6.85. The van der Waals surface area contributed by atoms with Crippen molar-refractivity contribution in [3.63, 3.8) is 0 Å². The van der Waals surface area contributed by atoms with Gasteiger partial charge >= 0.3 is 0 Å². The zero-order valence-electron chi connectivity index (χ0n) is 12.2. The van der Waals surface area contributed by atoms with Crippen LogP contribution in [-0.4, -0.2) is 4.98 Å². The van der Waals surface area contributed by atoms with Gasteiger partial charge in [-0.05, 0) is 18.1 Å². The van der Waals surface area contributed by atoms with Crippen molar-refractivity contribution >= 4 is 11.3 Å². The third-order valence-corrected chi connectivity index (χ3v) is 4.02. The van der Waals surface area contributed by atoms with E-state index in [-0.39, 0.29) is 5.41 Å². The van der Waals surface area contributed by atoms with E-state index in [1.807, 2.05) is 0 Å². The van der Waals surface area contributed by atoms with Gasteiger partial charge in [0, 0.05) is 23.9 Å². The topological polar surface area (TPSA) is 24.9 Å². The summed E-state index contributed by atoms with van der Waals surface area (Å²) in [6, 6.07) is 8.49.